The van der Waals surface area contributed by atoms with Crippen LogP contribution in [0.2, 0.25) is 0 Å². The Kier molecular flexibility index (Phi) is 4.85. The van der Waals surface area contributed by atoms with Crippen LogP contribution in [0, 0.1) is 5.92 Å². The first-order valence-corrected chi connectivity index (χ1v) is 8.18. The highest BCUT2D eigenvalue weighted by atomic mass is 15.0. The van der Waals surface area contributed by atoms with Gasteiger partial charge in [-0.3, -0.25) is 4.98 Å². The van der Waals surface area contributed by atoms with Gasteiger partial charge in [-0.15, -0.1) is 0 Å². The van der Waals surface area contributed by atoms with Gasteiger partial charge < -0.3 is 10.6 Å². The molecular weight excluding hydrogens is 248 g/mol. The summed E-state index contributed by atoms with van der Waals surface area (Å²) in [7, 11) is 0. The summed E-state index contributed by atoms with van der Waals surface area (Å²) >= 11 is 0. The molecule has 0 amide bonds. The Bertz CT molecular complexity index is 352. The minimum atomic E-state index is 0.603. The standard InChI is InChI=1S/C16H26N4/c1-2-6-14(7-3-1)20-16-12-18-15(11-19-16)9-13-5-4-8-17-10-13/h11-14,17H,1-10H2,(H,19,20)/t13-/m0/s1. The number of anilines is 1. The predicted octanol–water partition coefficient (Wildman–Crippen LogP) is 2.76. The summed E-state index contributed by atoms with van der Waals surface area (Å²) in [5.41, 5.74) is 1.13. The fraction of sp³-hybridized carbons (Fsp3) is 0.750. The van der Waals surface area contributed by atoms with E-state index in [1.165, 1.54) is 51.5 Å². The molecule has 1 aromatic heterocycles. The van der Waals surface area contributed by atoms with Crippen molar-refractivity contribution in [3.05, 3.63) is 18.1 Å². The van der Waals surface area contributed by atoms with Crippen LogP contribution in [-0.4, -0.2) is 29.1 Å². The maximum absolute atomic E-state index is 4.59. The second kappa shape index (κ2) is 7.02. The maximum atomic E-state index is 4.59. The zero-order chi connectivity index (χ0) is 13.6. The van der Waals surface area contributed by atoms with Crippen LogP contribution in [0.4, 0.5) is 5.82 Å². The van der Waals surface area contributed by atoms with E-state index in [-0.39, 0.29) is 0 Å². The van der Waals surface area contributed by atoms with E-state index in [1.807, 2.05) is 12.4 Å². The summed E-state index contributed by atoms with van der Waals surface area (Å²) in [5, 5.41) is 6.99. The lowest BCUT2D eigenvalue weighted by Crippen LogP contribution is -2.31. The zero-order valence-corrected chi connectivity index (χ0v) is 12.3. The largest absolute Gasteiger partial charge is 0.366 e. The van der Waals surface area contributed by atoms with Crippen LogP contribution in [0.1, 0.15) is 50.6 Å². The van der Waals surface area contributed by atoms with E-state index in [4.69, 9.17) is 0 Å². The topological polar surface area (TPSA) is 49.8 Å². The predicted molar refractivity (Wildman–Crippen MR) is 81.8 cm³/mol. The molecule has 0 unspecified atom stereocenters. The number of nitrogens with one attached hydrogen (secondary N) is 2. The van der Waals surface area contributed by atoms with Crippen molar-refractivity contribution in [1.29, 1.82) is 0 Å². The molecule has 1 saturated carbocycles. The van der Waals surface area contributed by atoms with Crippen molar-refractivity contribution >= 4 is 5.82 Å². The summed E-state index contributed by atoms with van der Waals surface area (Å²) in [6.45, 7) is 2.30. The van der Waals surface area contributed by atoms with Crippen LogP contribution in [-0.2, 0) is 6.42 Å². The molecule has 2 heterocycles. The first-order valence-electron chi connectivity index (χ1n) is 8.18. The van der Waals surface area contributed by atoms with Crippen LogP contribution in [0.3, 0.4) is 0 Å². The summed E-state index contributed by atoms with van der Waals surface area (Å²) in [4.78, 5) is 9.13. The van der Waals surface area contributed by atoms with E-state index in [0.29, 0.717) is 6.04 Å². The normalized spacial score (nSPS) is 24.5. The number of hydrogen-bond donors (Lipinski definition) is 2. The van der Waals surface area contributed by atoms with Gasteiger partial charge in [-0.1, -0.05) is 19.3 Å². The average molecular weight is 274 g/mol. The Morgan fingerprint density at radius 2 is 1.95 bits per heavy atom. The van der Waals surface area contributed by atoms with Gasteiger partial charge in [0.2, 0.25) is 0 Å². The first kappa shape index (κ1) is 13.8. The number of piperidine rings is 1. The molecule has 1 aliphatic carbocycles. The SMILES string of the molecule is c1nc(NC2CCCCC2)cnc1C[C@@H]1CCCNC1. The number of aromatic nitrogens is 2. The first-order chi connectivity index (χ1) is 9.90. The van der Waals surface area contributed by atoms with Crippen molar-refractivity contribution in [3.63, 3.8) is 0 Å². The van der Waals surface area contributed by atoms with E-state index >= 15 is 0 Å². The van der Waals surface area contributed by atoms with Gasteiger partial charge in [-0.25, -0.2) is 4.98 Å². The quantitative estimate of drug-likeness (QED) is 0.886. The van der Waals surface area contributed by atoms with Gasteiger partial charge in [0, 0.05) is 6.04 Å². The summed E-state index contributed by atoms with van der Waals surface area (Å²) in [6.07, 6.45) is 14.2. The molecule has 2 N–H and O–H groups in total. The lowest BCUT2D eigenvalue weighted by atomic mass is 9.95. The van der Waals surface area contributed by atoms with E-state index in [1.54, 1.807) is 0 Å². The minimum Gasteiger partial charge on any atom is -0.366 e. The maximum Gasteiger partial charge on any atom is 0.144 e. The lowest BCUT2D eigenvalue weighted by Gasteiger charge is -2.23. The average Bonchev–Trinajstić information content (AvgIpc) is 2.51. The third-order valence-electron chi connectivity index (χ3n) is 4.56. The van der Waals surface area contributed by atoms with Crippen LogP contribution in [0.25, 0.3) is 0 Å². The van der Waals surface area contributed by atoms with E-state index in [2.05, 4.69) is 20.6 Å². The molecule has 110 valence electrons. The number of nitrogens with zero attached hydrogens (tertiary/aromatic N) is 2. The van der Waals surface area contributed by atoms with E-state index in [0.717, 1.165) is 30.4 Å². The smallest absolute Gasteiger partial charge is 0.144 e. The molecule has 2 aliphatic rings. The van der Waals surface area contributed by atoms with Crippen molar-refractivity contribution in [2.24, 2.45) is 5.92 Å². The molecule has 1 atom stereocenters. The Morgan fingerprint density at radius 1 is 1.05 bits per heavy atom. The minimum absolute atomic E-state index is 0.603. The van der Waals surface area contributed by atoms with Gasteiger partial charge in [0.25, 0.3) is 0 Å². The van der Waals surface area contributed by atoms with Crippen molar-refractivity contribution in [1.82, 2.24) is 15.3 Å². The van der Waals surface area contributed by atoms with Crippen LogP contribution >= 0.6 is 0 Å². The molecule has 0 bridgehead atoms. The molecule has 1 saturated heterocycles. The Morgan fingerprint density at radius 3 is 2.65 bits per heavy atom. The van der Waals surface area contributed by atoms with E-state index in [9.17, 15) is 0 Å². The highest BCUT2D eigenvalue weighted by Crippen LogP contribution is 2.21. The molecule has 0 aromatic carbocycles. The Balaban J connectivity index is 1.51. The lowest BCUT2D eigenvalue weighted by molar-refractivity contribution is 0.373. The van der Waals surface area contributed by atoms with Crippen molar-refractivity contribution in [3.8, 4) is 0 Å². The number of rotatable bonds is 4. The van der Waals surface area contributed by atoms with Gasteiger partial charge in [-0.05, 0) is 51.1 Å². The molecule has 1 aromatic rings. The molecule has 4 heteroatoms. The second-order valence-corrected chi connectivity index (χ2v) is 6.29. The molecule has 2 fully saturated rings. The summed E-state index contributed by atoms with van der Waals surface area (Å²) in [6, 6.07) is 0.603. The molecule has 20 heavy (non-hydrogen) atoms. The van der Waals surface area contributed by atoms with Gasteiger partial charge in [0.1, 0.15) is 5.82 Å². The fourth-order valence-corrected chi connectivity index (χ4v) is 3.38. The highest BCUT2D eigenvalue weighted by Gasteiger charge is 2.15. The van der Waals surface area contributed by atoms with Gasteiger partial charge in [0.05, 0.1) is 18.1 Å². The Hall–Kier alpha value is -1.16. The van der Waals surface area contributed by atoms with Gasteiger partial charge in [0.15, 0.2) is 0 Å². The summed E-state index contributed by atoms with van der Waals surface area (Å²) < 4.78 is 0. The van der Waals surface area contributed by atoms with Crippen molar-refractivity contribution in [2.45, 2.75) is 57.4 Å². The molecule has 1 aliphatic heterocycles. The van der Waals surface area contributed by atoms with Gasteiger partial charge in [-0.2, -0.15) is 0 Å². The molecule has 3 rings (SSSR count). The number of hydrogen-bond acceptors (Lipinski definition) is 4. The third kappa shape index (κ3) is 3.92. The molecule has 0 radical (unpaired) electrons. The van der Waals surface area contributed by atoms with Crippen LogP contribution in [0.15, 0.2) is 12.4 Å². The summed E-state index contributed by atoms with van der Waals surface area (Å²) in [5.74, 6) is 1.68. The van der Waals surface area contributed by atoms with Crippen LogP contribution in [0.5, 0.6) is 0 Å². The Labute approximate surface area is 121 Å². The molecule has 4 nitrogen and oxygen atoms in total. The van der Waals surface area contributed by atoms with Crippen molar-refractivity contribution in [2.75, 3.05) is 18.4 Å². The second-order valence-electron chi connectivity index (χ2n) is 6.29. The highest BCUT2D eigenvalue weighted by molar-refractivity contribution is 5.32. The molecular formula is C16H26N4. The molecule has 0 spiro atoms. The van der Waals surface area contributed by atoms with Crippen molar-refractivity contribution < 1.29 is 0 Å². The van der Waals surface area contributed by atoms with Crippen LogP contribution < -0.4 is 10.6 Å². The monoisotopic (exact) mass is 274 g/mol. The van der Waals surface area contributed by atoms with E-state index < -0.39 is 0 Å². The third-order valence-corrected chi connectivity index (χ3v) is 4.56. The van der Waals surface area contributed by atoms with Gasteiger partial charge >= 0.3 is 0 Å². The zero-order valence-electron chi connectivity index (χ0n) is 12.3. The fourth-order valence-electron chi connectivity index (χ4n) is 3.38.